The predicted molar refractivity (Wildman–Crippen MR) is 99.9 cm³/mol. The van der Waals surface area contributed by atoms with Crippen LogP contribution in [0.25, 0.3) is 0 Å². The van der Waals surface area contributed by atoms with Gasteiger partial charge in [-0.1, -0.05) is 23.7 Å². The topological polar surface area (TPSA) is 53.4 Å². The maximum Gasteiger partial charge on any atom is 0.238 e. The molecule has 1 fully saturated rings. The summed E-state index contributed by atoms with van der Waals surface area (Å²) in [6, 6.07) is 7.31. The maximum absolute atomic E-state index is 12.2. The number of piperazine rings is 1. The van der Waals surface area contributed by atoms with E-state index < -0.39 is 0 Å². The number of carbonyl (C=O) groups excluding carboxylic acids is 1. The number of nitrogens with one attached hydrogen (secondary N) is 1. The van der Waals surface area contributed by atoms with Gasteiger partial charge in [0.15, 0.2) is 0 Å². The van der Waals surface area contributed by atoms with E-state index in [1.54, 1.807) is 6.07 Å². The number of hydrogen-bond donors (Lipinski definition) is 1. The summed E-state index contributed by atoms with van der Waals surface area (Å²) in [4.78, 5) is 16.8. The Balaban J connectivity index is 1.38. The van der Waals surface area contributed by atoms with Gasteiger partial charge < -0.3 is 10.2 Å². The molecule has 1 aromatic carbocycles. The Morgan fingerprint density at radius 3 is 2.60 bits per heavy atom. The highest BCUT2D eigenvalue weighted by Crippen LogP contribution is 2.20. The zero-order chi connectivity index (χ0) is 17.6. The smallest absolute Gasteiger partial charge is 0.238 e. The van der Waals surface area contributed by atoms with E-state index in [0.717, 1.165) is 39.1 Å². The fraction of sp³-hybridized carbons (Fsp3) is 0.444. The number of rotatable bonds is 6. The van der Waals surface area contributed by atoms with E-state index >= 15 is 0 Å². The van der Waals surface area contributed by atoms with Crippen LogP contribution in [0.15, 0.2) is 36.7 Å². The van der Waals surface area contributed by atoms with Gasteiger partial charge in [-0.2, -0.15) is 5.10 Å². The van der Waals surface area contributed by atoms with Crippen molar-refractivity contribution in [1.82, 2.24) is 19.6 Å². The van der Waals surface area contributed by atoms with Crippen LogP contribution in [0.1, 0.15) is 5.56 Å². The summed E-state index contributed by atoms with van der Waals surface area (Å²) < 4.78 is 1.84. The van der Waals surface area contributed by atoms with E-state index in [1.165, 1.54) is 5.56 Å². The normalized spacial score (nSPS) is 16.1. The molecule has 0 bridgehead atoms. The Hall–Kier alpha value is -1.89. The first-order valence-electron chi connectivity index (χ1n) is 8.57. The number of carbonyl (C=O) groups is 1. The zero-order valence-corrected chi connectivity index (χ0v) is 15.2. The van der Waals surface area contributed by atoms with Gasteiger partial charge in [-0.3, -0.25) is 14.4 Å². The van der Waals surface area contributed by atoms with Gasteiger partial charge in [-0.25, -0.2) is 0 Å². The molecule has 1 aliphatic rings. The van der Waals surface area contributed by atoms with Crippen molar-refractivity contribution in [2.24, 2.45) is 7.05 Å². The third-order valence-electron chi connectivity index (χ3n) is 4.46. The highest BCUT2D eigenvalue weighted by molar-refractivity contribution is 6.33. The van der Waals surface area contributed by atoms with Crippen molar-refractivity contribution in [3.05, 3.63) is 47.2 Å². The lowest BCUT2D eigenvalue weighted by Gasteiger charge is -2.34. The van der Waals surface area contributed by atoms with E-state index in [-0.39, 0.29) is 5.91 Å². The number of benzene rings is 1. The van der Waals surface area contributed by atoms with E-state index in [2.05, 4.69) is 26.4 Å². The first-order valence-corrected chi connectivity index (χ1v) is 8.94. The molecular formula is C18H24ClN5O. The summed E-state index contributed by atoms with van der Waals surface area (Å²) >= 11 is 6.08. The minimum atomic E-state index is -0.0168. The lowest BCUT2D eigenvalue weighted by atomic mass is 10.2. The van der Waals surface area contributed by atoms with Crippen LogP contribution in [0.2, 0.25) is 5.02 Å². The minimum absolute atomic E-state index is 0.0168. The quantitative estimate of drug-likeness (QED) is 0.853. The molecule has 6 nitrogen and oxygen atoms in total. The molecular weight excluding hydrogens is 338 g/mol. The molecule has 134 valence electrons. The van der Waals surface area contributed by atoms with Crippen LogP contribution in [-0.2, 0) is 18.3 Å². The predicted octanol–water partition coefficient (Wildman–Crippen LogP) is 1.87. The molecule has 0 unspecified atom stereocenters. The van der Waals surface area contributed by atoms with Gasteiger partial charge in [0.2, 0.25) is 5.91 Å². The molecule has 2 aromatic rings. The van der Waals surface area contributed by atoms with Gasteiger partial charge >= 0.3 is 0 Å². The molecule has 1 amide bonds. The number of anilines is 1. The van der Waals surface area contributed by atoms with Crippen LogP contribution in [0, 0.1) is 0 Å². The van der Waals surface area contributed by atoms with Crippen molar-refractivity contribution < 1.29 is 4.79 Å². The Labute approximate surface area is 153 Å². The van der Waals surface area contributed by atoms with Crippen LogP contribution < -0.4 is 5.32 Å². The Bertz CT molecular complexity index is 709. The molecule has 1 saturated heterocycles. The molecule has 0 spiro atoms. The van der Waals surface area contributed by atoms with Crippen LogP contribution in [0.3, 0.4) is 0 Å². The average molecular weight is 362 g/mol. The van der Waals surface area contributed by atoms with Crippen molar-refractivity contribution in [3.63, 3.8) is 0 Å². The number of nitrogens with zero attached hydrogens (tertiary/aromatic N) is 4. The minimum Gasteiger partial charge on any atom is -0.324 e. The molecule has 2 heterocycles. The zero-order valence-electron chi connectivity index (χ0n) is 14.5. The molecule has 0 radical (unpaired) electrons. The Kier molecular flexibility index (Phi) is 6.07. The lowest BCUT2D eigenvalue weighted by Crippen LogP contribution is -2.49. The van der Waals surface area contributed by atoms with Gasteiger partial charge in [0.25, 0.3) is 0 Å². The number of halogens is 1. The second-order valence-electron chi connectivity index (χ2n) is 6.42. The SMILES string of the molecule is Cn1cc(CCN2CCN(CC(=O)Nc3ccccc3Cl)CC2)cn1. The summed E-state index contributed by atoms with van der Waals surface area (Å²) in [5, 5.41) is 7.65. The van der Waals surface area contributed by atoms with Crippen molar-refractivity contribution >= 4 is 23.2 Å². The standard InChI is InChI=1S/C18H24ClN5O/c1-22-13-15(12-20-22)6-7-23-8-10-24(11-9-23)14-18(25)21-17-5-3-2-4-16(17)19/h2-5,12-13H,6-11,14H2,1H3,(H,21,25). The molecule has 0 aliphatic carbocycles. The molecule has 1 aromatic heterocycles. The molecule has 1 aliphatic heterocycles. The van der Waals surface area contributed by atoms with Crippen LogP contribution in [0.4, 0.5) is 5.69 Å². The molecule has 0 saturated carbocycles. The molecule has 3 rings (SSSR count). The third-order valence-corrected chi connectivity index (χ3v) is 4.78. The Morgan fingerprint density at radius 2 is 1.92 bits per heavy atom. The fourth-order valence-corrected chi connectivity index (χ4v) is 3.20. The summed E-state index contributed by atoms with van der Waals surface area (Å²) in [6.45, 7) is 5.22. The largest absolute Gasteiger partial charge is 0.324 e. The van der Waals surface area contributed by atoms with E-state index in [0.29, 0.717) is 17.3 Å². The number of hydrogen-bond acceptors (Lipinski definition) is 4. The number of aryl methyl sites for hydroxylation is 1. The van der Waals surface area contributed by atoms with Gasteiger partial charge in [0.05, 0.1) is 23.5 Å². The molecule has 7 heteroatoms. The summed E-state index contributed by atoms with van der Waals surface area (Å²) in [5.41, 5.74) is 1.94. The average Bonchev–Trinajstić information content (AvgIpc) is 3.02. The van der Waals surface area contributed by atoms with Crippen molar-refractivity contribution in [2.45, 2.75) is 6.42 Å². The first kappa shape index (κ1) is 17.9. The van der Waals surface area contributed by atoms with Gasteiger partial charge in [-0.05, 0) is 24.1 Å². The molecule has 25 heavy (non-hydrogen) atoms. The van der Waals surface area contributed by atoms with Gasteiger partial charge in [0.1, 0.15) is 0 Å². The lowest BCUT2D eigenvalue weighted by molar-refractivity contribution is -0.117. The van der Waals surface area contributed by atoms with Gasteiger partial charge in [0, 0.05) is 46.0 Å². The summed E-state index contributed by atoms with van der Waals surface area (Å²) in [6.07, 6.45) is 5.01. The number of para-hydroxylation sites is 1. The first-order chi connectivity index (χ1) is 12.1. The monoisotopic (exact) mass is 361 g/mol. The Morgan fingerprint density at radius 1 is 1.20 bits per heavy atom. The number of aromatic nitrogens is 2. The molecule has 0 atom stereocenters. The summed E-state index contributed by atoms with van der Waals surface area (Å²) in [7, 11) is 1.94. The highest BCUT2D eigenvalue weighted by atomic mass is 35.5. The van der Waals surface area contributed by atoms with Crippen LogP contribution >= 0.6 is 11.6 Å². The van der Waals surface area contributed by atoms with Crippen molar-refractivity contribution in [1.29, 1.82) is 0 Å². The van der Waals surface area contributed by atoms with E-state index in [1.807, 2.05) is 36.1 Å². The van der Waals surface area contributed by atoms with Crippen LogP contribution in [-0.4, -0.2) is 64.8 Å². The molecule has 1 N–H and O–H groups in total. The second kappa shape index (κ2) is 8.47. The fourth-order valence-electron chi connectivity index (χ4n) is 3.01. The van der Waals surface area contributed by atoms with E-state index in [4.69, 9.17) is 11.6 Å². The third kappa shape index (κ3) is 5.29. The second-order valence-corrected chi connectivity index (χ2v) is 6.83. The summed E-state index contributed by atoms with van der Waals surface area (Å²) in [5.74, 6) is -0.0168. The highest BCUT2D eigenvalue weighted by Gasteiger charge is 2.19. The van der Waals surface area contributed by atoms with Crippen molar-refractivity contribution in [3.8, 4) is 0 Å². The number of amides is 1. The maximum atomic E-state index is 12.2. The van der Waals surface area contributed by atoms with E-state index in [9.17, 15) is 4.79 Å². The van der Waals surface area contributed by atoms with Crippen molar-refractivity contribution in [2.75, 3.05) is 44.6 Å². The van der Waals surface area contributed by atoms with Crippen LogP contribution in [0.5, 0.6) is 0 Å². The van der Waals surface area contributed by atoms with Gasteiger partial charge in [-0.15, -0.1) is 0 Å².